The second-order valence-electron chi connectivity index (χ2n) is 6.00. The fourth-order valence-electron chi connectivity index (χ4n) is 3.37. The molecule has 0 bridgehead atoms. The van der Waals surface area contributed by atoms with Crippen molar-refractivity contribution >= 4 is 17.2 Å². The van der Waals surface area contributed by atoms with Gasteiger partial charge in [-0.25, -0.2) is 0 Å². The van der Waals surface area contributed by atoms with Gasteiger partial charge in [-0.2, -0.15) is 11.3 Å². The Bertz CT molecular complexity index is 611. The number of thiophene rings is 1. The van der Waals surface area contributed by atoms with E-state index >= 15 is 0 Å². The predicted molar refractivity (Wildman–Crippen MR) is 88.9 cm³/mol. The van der Waals surface area contributed by atoms with Crippen LogP contribution in [0.3, 0.4) is 0 Å². The quantitative estimate of drug-likeness (QED) is 0.921. The zero-order valence-corrected chi connectivity index (χ0v) is 13.4. The average molecular weight is 315 g/mol. The van der Waals surface area contributed by atoms with E-state index in [1.54, 1.807) is 11.3 Å². The van der Waals surface area contributed by atoms with E-state index < -0.39 is 5.54 Å². The molecule has 0 aliphatic carbocycles. The van der Waals surface area contributed by atoms with Crippen LogP contribution >= 0.6 is 11.3 Å². The molecule has 1 atom stereocenters. The van der Waals surface area contributed by atoms with Crippen LogP contribution in [0.2, 0.25) is 0 Å². The first-order valence-corrected chi connectivity index (χ1v) is 8.64. The van der Waals surface area contributed by atoms with E-state index in [4.69, 9.17) is 0 Å². The van der Waals surface area contributed by atoms with E-state index in [1.165, 1.54) is 5.56 Å². The van der Waals surface area contributed by atoms with Crippen LogP contribution in [-0.2, 0) is 17.6 Å². The van der Waals surface area contributed by atoms with Gasteiger partial charge in [-0.1, -0.05) is 30.3 Å². The summed E-state index contributed by atoms with van der Waals surface area (Å²) < 4.78 is 0. The maximum absolute atomic E-state index is 12.7. The van der Waals surface area contributed by atoms with Gasteiger partial charge in [0.25, 0.3) is 0 Å². The van der Waals surface area contributed by atoms with Crippen molar-refractivity contribution < 1.29 is 9.90 Å². The third kappa shape index (κ3) is 3.08. The molecule has 0 saturated carbocycles. The number of aliphatic hydroxyl groups is 1. The van der Waals surface area contributed by atoms with Crippen molar-refractivity contribution in [2.75, 3.05) is 13.2 Å². The summed E-state index contributed by atoms with van der Waals surface area (Å²) in [5.41, 5.74) is 1.80. The number of carbonyl (C=O) groups excluding carboxylic acids is 1. The summed E-state index contributed by atoms with van der Waals surface area (Å²) in [5.74, 6) is 0.126. The van der Waals surface area contributed by atoms with Crippen molar-refractivity contribution in [2.45, 2.75) is 31.2 Å². The molecule has 1 aromatic carbocycles. The molecule has 116 valence electrons. The Hall–Kier alpha value is -1.65. The van der Waals surface area contributed by atoms with E-state index in [9.17, 15) is 9.90 Å². The van der Waals surface area contributed by atoms with Crippen LogP contribution in [0, 0.1) is 0 Å². The molecular formula is C18H21NO2S. The molecule has 1 unspecified atom stereocenters. The number of nitrogens with zero attached hydrogens (tertiary/aromatic N) is 1. The van der Waals surface area contributed by atoms with Gasteiger partial charge in [-0.05, 0) is 47.2 Å². The van der Waals surface area contributed by atoms with Gasteiger partial charge in [0.15, 0.2) is 0 Å². The highest BCUT2D eigenvalue weighted by molar-refractivity contribution is 7.07. The molecule has 0 spiro atoms. The van der Waals surface area contributed by atoms with Crippen molar-refractivity contribution in [3.8, 4) is 0 Å². The molecule has 2 aromatic rings. The lowest BCUT2D eigenvalue weighted by Crippen LogP contribution is -2.52. The minimum Gasteiger partial charge on any atom is -0.394 e. The van der Waals surface area contributed by atoms with E-state index in [2.05, 4.69) is 12.1 Å². The topological polar surface area (TPSA) is 40.5 Å². The predicted octanol–water partition coefficient (Wildman–Crippen LogP) is 2.89. The second kappa shape index (κ2) is 6.63. The number of hydrogen-bond donors (Lipinski definition) is 1. The van der Waals surface area contributed by atoms with Crippen molar-refractivity contribution in [1.82, 2.24) is 4.90 Å². The first-order chi connectivity index (χ1) is 10.7. The molecule has 1 aliphatic heterocycles. The Morgan fingerprint density at radius 1 is 1.23 bits per heavy atom. The van der Waals surface area contributed by atoms with Gasteiger partial charge in [0, 0.05) is 6.54 Å². The number of hydrogen-bond acceptors (Lipinski definition) is 3. The molecular weight excluding hydrogens is 294 g/mol. The van der Waals surface area contributed by atoms with Crippen molar-refractivity contribution in [3.05, 3.63) is 58.3 Å². The number of aliphatic hydroxyl groups excluding tert-OH is 1. The van der Waals surface area contributed by atoms with E-state index in [1.807, 2.05) is 39.9 Å². The van der Waals surface area contributed by atoms with Crippen LogP contribution in [0.15, 0.2) is 47.2 Å². The summed E-state index contributed by atoms with van der Waals surface area (Å²) in [4.78, 5) is 14.6. The lowest BCUT2D eigenvalue weighted by Gasteiger charge is -2.37. The van der Waals surface area contributed by atoms with Crippen molar-refractivity contribution in [3.63, 3.8) is 0 Å². The normalized spacial score (nSPS) is 21.2. The van der Waals surface area contributed by atoms with Crippen LogP contribution in [-0.4, -0.2) is 34.6 Å². The highest BCUT2D eigenvalue weighted by atomic mass is 32.1. The van der Waals surface area contributed by atoms with Gasteiger partial charge >= 0.3 is 0 Å². The fourth-order valence-corrected chi connectivity index (χ4v) is 4.04. The van der Waals surface area contributed by atoms with Gasteiger partial charge in [-0.15, -0.1) is 0 Å². The first kappa shape index (κ1) is 15.3. The summed E-state index contributed by atoms with van der Waals surface area (Å²) in [5, 5.41) is 14.0. The minimum absolute atomic E-state index is 0.0251. The summed E-state index contributed by atoms with van der Waals surface area (Å²) >= 11 is 1.61. The SMILES string of the molecule is O=C(Cc1ccsc1)N1CCCC1(CO)Cc1ccccc1. The third-order valence-electron chi connectivity index (χ3n) is 4.50. The molecule has 3 rings (SSSR count). The third-order valence-corrected chi connectivity index (χ3v) is 5.24. The largest absolute Gasteiger partial charge is 0.394 e. The zero-order valence-electron chi connectivity index (χ0n) is 12.6. The Kier molecular flexibility index (Phi) is 4.60. The zero-order chi connectivity index (χ0) is 15.4. The lowest BCUT2D eigenvalue weighted by molar-refractivity contribution is -0.136. The molecule has 4 heteroatoms. The Balaban J connectivity index is 1.78. The van der Waals surface area contributed by atoms with Crippen LogP contribution in [0.4, 0.5) is 0 Å². The van der Waals surface area contributed by atoms with Crippen LogP contribution in [0.25, 0.3) is 0 Å². The fraction of sp³-hybridized carbons (Fsp3) is 0.389. The molecule has 1 saturated heterocycles. The van der Waals surface area contributed by atoms with E-state index in [0.717, 1.165) is 31.4 Å². The number of likely N-dealkylation sites (tertiary alicyclic amines) is 1. The molecule has 1 amide bonds. The first-order valence-electron chi connectivity index (χ1n) is 7.70. The lowest BCUT2D eigenvalue weighted by atomic mass is 9.88. The molecule has 1 N–H and O–H groups in total. The van der Waals surface area contributed by atoms with Gasteiger partial charge in [0.05, 0.1) is 18.6 Å². The van der Waals surface area contributed by atoms with Gasteiger partial charge in [0.1, 0.15) is 0 Å². The van der Waals surface area contributed by atoms with E-state index in [-0.39, 0.29) is 12.5 Å². The average Bonchev–Trinajstić information content (AvgIpc) is 3.18. The van der Waals surface area contributed by atoms with Crippen LogP contribution in [0.1, 0.15) is 24.0 Å². The number of rotatable bonds is 5. The number of carbonyl (C=O) groups is 1. The minimum atomic E-state index is -0.436. The summed E-state index contributed by atoms with van der Waals surface area (Å²) in [6.07, 6.45) is 2.98. The Morgan fingerprint density at radius 2 is 2.05 bits per heavy atom. The molecule has 22 heavy (non-hydrogen) atoms. The van der Waals surface area contributed by atoms with Crippen LogP contribution < -0.4 is 0 Å². The summed E-state index contributed by atoms with van der Waals surface area (Å²) in [6.45, 7) is 0.771. The maximum Gasteiger partial charge on any atom is 0.227 e. The second-order valence-corrected chi connectivity index (χ2v) is 6.78. The molecule has 1 aliphatic rings. The molecule has 1 aromatic heterocycles. The van der Waals surface area contributed by atoms with Crippen LogP contribution in [0.5, 0.6) is 0 Å². The van der Waals surface area contributed by atoms with Gasteiger partial charge < -0.3 is 10.0 Å². The number of benzene rings is 1. The number of amides is 1. The van der Waals surface area contributed by atoms with Gasteiger partial charge in [-0.3, -0.25) is 4.79 Å². The molecule has 2 heterocycles. The van der Waals surface area contributed by atoms with Crippen molar-refractivity contribution in [2.24, 2.45) is 0 Å². The highest BCUT2D eigenvalue weighted by Gasteiger charge is 2.42. The summed E-state index contributed by atoms with van der Waals surface area (Å²) in [7, 11) is 0. The highest BCUT2D eigenvalue weighted by Crippen LogP contribution is 2.33. The monoisotopic (exact) mass is 315 g/mol. The molecule has 3 nitrogen and oxygen atoms in total. The summed E-state index contributed by atoms with van der Waals surface area (Å²) in [6, 6.07) is 12.1. The maximum atomic E-state index is 12.7. The van der Waals surface area contributed by atoms with E-state index in [0.29, 0.717) is 6.42 Å². The Labute approximate surface area is 135 Å². The standard InChI is InChI=1S/C18H21NO2S/c20-14-18(12-15-5-2-1-3-6-15)8-4-9-19(18)17(21)11-16-7-10-22-13-16/h1-3,5-7,10,13,20H,4,8-9,11-12,14H2. The smallest absolute Gasteiger partial charge is 0.227 e. The van der Waals surface area contributed by atoms with Crippen molar-refractivity contribution in [1.29, 1.82) is 0 Å². The molecule has 0 radical (unpaired) electrons. The Morgan fingerprint density at radius 3 is 2.73 bits per heavy atom. The van der Waals surface area contributed by atoms with Gasteiger partial charge in [0.2, 0.25) is 5.91 Å². The molecule has 1 fully saturated rings.